The molecule has 0 amide bonds. The molecule has 22 heavy (non-hydrogen) atoms. The second-order valence-electron chi connectivity index (χ2n) is 7.07. The van der Waals surface area contributed by atoms with Gasteiger partial charge in [-0.1, -0.05) is 97.8 Å². The fraction of sp³-hybridized carbons (Fsp3) is 0.950. The molecular weight excluding hydrogens is 272 g/mol. The van der Waals surface area contributed by atoms with Crippen molar-refractivity contribution in [3.05, 3.63) is 0 Å². The molecule has 0 aromatic heterocycles. The summed E-state index contributed by atoms with van der Waals surface area (Å²) in [6, 6.07) is 0. The highest BCUT2D eigenvalue weighted by atomic mass is 16.5. The number of esters is 1. The summed E-state index contributed by atoms with van der Waals surface area (Å²) in [6.07, 6.45) is 18.0. The average molecular weight is 313 g/mol. The molecule has 0 spiro atoms. The Labute approximate surface area is 139 Å². The first kappa shape index (κ1) is 21.5. The van der Waals surface area contributed by atoms with Crippen LogP contribution in [0.15, 0.2) is 0 Å². The lowest BCUT2D eigenvalue weighted by atomic mass is 10.0. The molecule has 0 rings (SSSR count). The van der Waals surface area contributed by atoms with Crippen molar-refractivity contribution in [3.8, 4) is 0 Å². The van der Waals surface area contributed by atoms with Crippen LogP contribution >= 0.6 is 0 Å². The zero-order chi connectivity index (χ0) is 16.5. The van der Waals surface area contributed by atoms with Crippen molar-refractivity contribution in [1.82, 2.24) is 0 Å². The van der Waals surface area contributed by atoms with E-state index in [0.29, 0.717) is 18.9 Å². The standard InChI is InChI=1S/C20H40O2/c1-4-5-6-7-8-9-10-11-12-13-14-15-16-17-20(21)22-18-19(2)3/h19H,4-18H2,1-3H3. The van der Waals surface area contributed by atoms with Crippen LogP contribution in [0.25, 0.3) is 0 Å². The molecule has 0 aromatic carbocycles. The smallest absolute Gasteiger partial charge is 0.305 e. The first-order valence-electron chi connectivity index (χ1n) is 9.82. The van der Waals surface area contributed by atoms with E-state index >= 15 is 0 Å². The Balaban J connectivity index is 3.09. The van der Waals surface area contributed by atoms with Gasteiger partial charge in [0, 0.05) is 6.42 Å². The molecule has 2 nitrogen and oxygen atoms in total. The van der Waals surface area contributed by atoms with E-state index in [-0.39, 0.29) is 5.97 Å². The Morgan fingerprint density at radius 2 is 1.14 bits per heavy atom. The van der Waals surface area contributed by atoms with Gasteiger partial charge >= 0.3 is 5.97 Å². The van der Waals surface area contributed by atoms with E-state index in [1.807, 2.05) is 0 Å². The lowest BCUT2D eigenvalue weighted by Gasteiger charge is -2.07. The minimum atomic E-state index is -0.0169. The minimum Gasteiger partial charge on any atom is -0.465 e. The van der Waals surface area contributed by atoms with Gasteiger partial charge in [-0.15, -0.1) is 0 Å². The van der Waals surface area contributed by atoms with Gasteiger partial charge in [0.05, 0.1) is 6.61 Å². The molecular formula is C20H40O2. The fourth-order valence-corrected chi connectivity index (χ4v) is 2.62. The van der Waals surface area contributed by atoms with Crippen molar-refractivity contribution in [2.24, 2.45) is 5.92 Å². The predicted octanol–water partition coefficient (Wildman–Crippen LogP) is 6.67. The highest BCUT2D eigenvalue weighted by Gasteiger charge is 2.03. The van der Waals surface area contributed by atoms with E-state index in [4.69, 9.17) is 4.74 Å². The van der Waals surface area contributed by atoms with Crippen molar-refractivity contribution < 1.29 is 9.53 Å². The summed E-state index contributed by atoms with van der Waals surface area (Å²) in [5, 5.41) is 0. The van der Waals surface area contributed by atoms with Crippen molar-refractivity contribution in [2.45, 2.75) is 111 Å². The maximum atomic E-state index is 11.4. The van der Waals surface area contributed by atoms with Crippen molar-refractivity contribution in [2.75, 3.05) is 6.61 Å². The van der Waals surface area contributed by atoms with Crippen LogP contribution in [0, 0.1) is 5.92 Å². The molecule has 2 heteroatoms. The highest BCUT2D eigenvalue weighted by molar-refractivity contribution is 5.69. The summed E-state index contributed by atoms with van der Waals surface area (Å²) in [4.78, 5) is 11.4. The summed E-state index contributed by atoms with van der Waals surface area (Å²) >= 11 is 0. The van der Waals surface area contributed by atoms with Gasteiger partial charge in [0.15, 0.2) is 0 Å². The van der Waals surface area contributed by atoms with Gasteiger partial charge in [-0.05, 0) is 12.3 Å². The Morgan fingerprint density at radius 1 is 0.727 bits per heavy atom. The normalized spacial score (nSPS) is 11.1. The molecule has 0 N–H and O–H groups in total. The van der Waals surface area contributed by atoms with E-state index < -0.39 is 0 Å². The third-order valence-electron chi connectivity index (χ3n) is 4.06. The van der Waals surface area contributed by atoms with Crippen LogP contribution in [-0.2, 0) is 9.53 Å². The monoisotopic (exact) mass is 312 g/mol. The molecule has 0 saturated carbocycles. The highest BCUT2D eigenvalue weighted by Crippen LogP contribution is 2.13. The van der Waals surface area contributed by atoms with E-state index in [1.165, 1.54) is 77.0 Å². The molecule has 0 fully saturated rings. The van der Waals surface area contributed by atoms with Gasteiger partial charge in [0.2, 0.25) is 0 Å². The lowest BCUT2D eigenvalue weighted by molar-refractivity contribution is -0.144. The van der Waals surface area contributed by atoms with Crippen LogP contribution in [0.2, 0.25) is 0 Å². The Hall–Kier alpha value is -0.530. The first-order valence-corrected chi connectivity index (χ1v) is 9.82. The topological polar surface area (TPSA) is 26.3 Å². The summed E-state index contributed by atoms with van der Waals surface area (Å²) < 4.78 is 5.17. The van der Waals surface area contributed by atoms with E-state index in [0.717, 1.165) is 6.42 Å². The van der Waals surface area contributed by atoms with Crippen molar-refractivity contribution in [1.29, 1.82) is 0 Å². The zero-order valence-electron chi connectivity index (χ0n) is 15.5. The number of unbranched alkanes of at least 4 members (excludes halogenated alkanes) is 12. The van der Waals surface area contributed by atoms with Gasteiger partial charge in [0.1, 0.15) is 0 Å². The molecule has 0 aliphatic rings. The largest absolute Gasteiger partial charge is 0.465 e. The Kier molecular flexibility index (Phi) is 16.4. The molecule has 0 unspecified atom stereocenters. The maximum absolute atomic E-state index is 11.4. The number of hydrogen-bond acceptors (Lipinski definition) is 2. The van der Waals surface area contributed by atoms with Gasteiger partial charge in [-0.25, -0.2) is 0 Å². The first-order chi connectivity index (χ1) is 10.7. The average Bonchev–Trinajstić information content (AvgIpc) is 2.49. The second-order valence-corrected chi connectivity index (χ2v) is 7.07. The molecule has 0 atom stereocenters. The van der Waals surface area contributed by atoms with Crippen LogP contribution in [0.1, 0.15) is 111 Å². The molecule has 0 aromatic rings. The lowest BCUT2D eigenvalue weighted by Crippen LogP contribution is -2.09. The summed E-state index contributed by atoms with van der Waals surface area (Å²) in [5.41, 5.74) is 0. The summed E-state index contributed by atoms with van der Waals surface area (Å²) in [6.45, 7) is 6.98. The molecule has 0 radical (unpaired) electrons. The number of carbonyl (C=O) groups excluding carboxylic acids is 1. The number of ether oxygens (including phenoxy) is 1. The van der Waals surface area contributed by atoms with Crippen LogP contribution in [0.3, 0.4) is 0 Å². The SMILES string of the molecule is CCCCCCCCCCCCCCCC(=O)OCC(C)C. The van der Waals surface area contributed by atoms with Crippen molar-refractivity contribution in [3.63, 3.8) is 0 Å². The summed E-state index contributed by atoms with van der Waals surface area (Å²) in [5.74, 6) is 0.423. The van der Waals surface area contributed by atoms with Crippen LogP contribution < -0.4 is 0 Å². The van der Waals surface area contributed by atoms with Gasteiger partial charge in [-0.3, -0.25) is 4.79 Å². The van der Waals surface area contributed by atoms with E-state index in [9.17, 15) is 4.79 Å². The number of hydrogen-bond donors (Lipinski definition) is 0. The molecule has 0 aliphatic carbocycles. The Morgan fingerprint density at radius 3 is 1.55 bits per heavy atom. The predicted molar refractivity (Wildman–Crippen MR) is 96.1 cm³/mol. The van der Waals surface area contributed by atoms with E-state index in [2.05, 4.69) is 20.8 Å². The molecule has 0 heterocycles. The summed E-state index contributed by atoms with van der Waals surface area (Å²) in [7, 11) is 0. The fourth-order valence-electron chi connectivity index (χ4n) is 2.62. The molecule has 132 valence electrons. The Bertz CT molecular complexity index is 236. The minimum absolute atomic E-state index is 0.0169. The molecule has 0 bridgehead atoms. The molecule has 0 saturated heterocycles. The number of rotatable bonds is 16. The third kappa shape index (κ3) is 17.5. The quantitative estimate of drug-likeness (QED) is 0.235. The van der Waals surface area contributed by atoms with Gasteiger partial charge in [-0.2, -0.15) is 0 Å². The zero-order valence-corrected chi connectivity index (χ0v) is 15.5. The van der Waals surface area contributed by atoms with Crippen LogP contribution in [0.4, 0.5) is 0 Å². The molecule has 0 aliphatic heterocycles. The van der Waals surface area contributed by atoms with Crippen LogP contribution in [0.5, 0.6) is 0 Å². The maximum Gasteiger partial charge on any atom is 0.305 e. The van der Waals surface area contributed by atoms with Crippen molar-refractivity contribution >= 4 is 5.97 Å². The van der Waals surface area contributed by atoms with Gasteiger partial charge < -0.3 is 4.74 Å². The third-order valence-corrected chi connectivity index (χ3v) is 4.06. The van der Waals surface area contributed by atoms with Gasteiger partial charge in [0.25, 0.3) is 0 Å². The van der Waals surface area contributed by atoms with E-state index in [1.54, 1.807) is 0 Å². The second kappa shape index (κ2) is 16.8. The van der Waals surface area contributed by atoms with Crippen LogP contribution in [-0.4, -0.2) is 12.6 Å². The number of carbonyl (C=O) groups is 1.